The lowest BCUT2D eigenvalue weighted by atomic mass is 10.0. The summed E-state index contributed by atoms with van der Waals surface area (Å²) in [6.45, 7) is 4.57. The first-order chi connectivity index (χ1) is 8.22. The van der Waals surface area contributed by atoms with Gasteiger partial charge in [0.2, 0.25) is 0 Å². The minimum atomic E-state index is 0.165. The van der Waals surface area contributed by atoms with E-state index in [4.69, 9.17) is 5.73 Å². The smallest absolute Gasteiger partial charge is 0.166 e. The summed E-state index contributed by atoms with van der Waals surface area (Å²) in [7, 11) is 0. The number of Topliss-reactive ketones (excluding diaryl/α,β-unsaturated/α-hetero) is 1. The molecular formula is C14H20N2O. The van der Waals surface area contributed by atoms with Gasteiger partial charge in [0.25, 0.3) is 0 Å². The molecule has 0 amide bonds. The van der Waals surface area contributed by atoms with Crippen molar-refractivity contribution in [1.82, 2.24) is 0 Å². The van der Waals surface area contributed by atoms with Gasteiger partial charge in [0.05, 0.1) is 0 Å². The highest BCUT2D eigenvalue weighted by Crippen LogP contribution is 2.26. The molecule has 3 heteroatoms. The van der Waals surface area contributed by atoms with Crippen molar-refractivity contribution >= 4 is 11.5 Å². The van der Waals surface area contributed by atoms with Gasteiger partial charge in [-0.3, -0.25) is 4.79 Å². The number of ketones is 1. The second-order valence-corrected chi connectivity index (χ2v) is 4.68. The maximum Gasteiger partial charge on any atom is 0.166 e. The lowest BCUT2D eigenvalue weighted by Gasteiger charge is -2.21. The number of carbonyl (C=O) groups is 1. The zero-order valence-corrected chi connectivity index (χ0v) is 10.4. The van der Waals surface area contributed by atoms with Crippen molar-refractivity contribution in [3.05, 3.63) is 29.3 Å². The van der Waals surface area contributed by atoms with Crippen molar-refractivity contribution in [3.8, 4) is 0 Å². The van der Waals surface area contributed by atoms with Gasteiger partial charge in [-0.05, 0) is 38.4 Å². The molecule has 0 spiro atoms. The summed E-state index contributed by atoms with van der Waals surface area (Å²) < 4.78 is 0. The minimum Gasteiger partial charge on any atom is -0.371 e. The van der Waals surface area contributed by atoms with Gasteiger partial charge in [-0.25, -0.2) is 0 Å². The number of anilines is 1. The first kappa shape index (κ1) is 12.1. The average molecular weight is 232 g/mol. The predicted molar refractivity (Wildman–Crippen MR) is 70.6 cm³/mol. The average Bonchev–Trinajstić information content (AvgIpc) is 2.82. The minimum absolute atomic E-state index is 0.165. The van der Waals surface area contributed by atoms with Crippen LogP contribution in [0.4, 0.5) is 5.69 Å². The predicted octanol–water partition coefficient (Wildman–Crippen LogP) is 2.13. The summed E-state index contributed by atoms with van der Waals surface area (Å²) in [5.41, 5.74) is 8.54. The summed E-state index contributed by atoms with van der Waals surface area (Å²) in [5, 5.41) is 0. The molecule has 0 radical (unpaired) electrons. The molecule has 3 nitrogen and oxygen atoms in total. The van der Waals surface area contributed by atoms with Crippen LogP contribution in [0.15, 0.2) is 18.2 Å². The van der Waals surface area contributed by atoms with Gasteiger partial charge < -0.3 is 10.6 Å². The Hall–Kier alpha value is -1.35. The molecule has 1 fully saturated rings. The summed E-state index contributed by atoms with van der Waals surface area (Å²) >= 11 is 0. The molecular weight excluding hydrogens is 212 g/mol. The van der Waals surface area contributed by atoms with Crippen molar-refractivity contribution in [3.63, 3.8) is 0 Å². The van der Waals surface area contributed by atoms with Gasteiger partial charge in [-0.15, -0.1) is 0 Å². The number of nitrogens with zero attached hydrogens (tertiary/aromatic N) is 1. The third-order valence-corrected chi connectivity index (χ3v) is 3.27. The van der Waals surface area contributed by atoms with Crippen LogP contribution >= 0.6 is 0 Å². The maximum atomic E-state index is 12.1. The Labute approximate surface area is 103 Å². The van der Waals surface area contributed by atoms with E-state index in [2.05, 4.69) is 17.0 Å². The molecule has 1 aliphatic rings. The standard InChI is InChI=1S/C14H20N2O/c1-11-4-5-13(16-8-2-3-9-16)12(10-11)14(17)6-7-15/h4-5,10H,2-3,6-9,15H2,1H3. The topological polar surface area (TPSA) is 46.3 Å². The van der Waals surface area contributed by atoms with E-state index >= 15 is 0 Å². The highest BCUT2D eigenvalue weighted by atomic mass is 16.1. The Morgan fingerprint density at radius 2 is 2.06 bits per heavy atom. The first-order valence-corrected chi connectivity index (χ1v) is 6.31. The van der Waals surface area contributed by atoms with Gasteiger partial charge in [0.15, 0.2) is 5.78 Å². The van der Waals surface area contributed by atoms with Gasteiger partial charge in [0, 0.05) is 30.8 Å². The molecule has 0 atom stereocenters. The highest BCUT2D eigenvalue weighted by Gasteiger charge is 2.18. The number of aryl methyl sites for hydroxylation is 1. The highest BCUT2D eigenvalue weighted by molar-refractivity contribution is 6.01. The van der Waals surface area contributed by atoms with Crippen molar-refractivity contribution in [2.45, 2.75) is 26.2 Å². The van der Waals surface area contributed by atoms with E-state index in [0.29, 0.717) is 13.0 Å². The molecule has 1 aromatic rings. The zero-order valence-electron chi connectivity index (χ0n) is 10.4. The lowest BCUT2D eigenvalue weighted by molar-refractivity contribution is 0.0986. The summed E-state index contributed by atoms with van der Waals surface area (Å²) in [6, 6.07) is 6.14. The van der Waals surface area contributed by atoms with Crippen molar-refractivity contribution < 1.29 is 4.79 Å². The Bertz CT molecular complexity index is 409. The molecule has 1 heterocycles. The second-order valence-electron chi connectivity index (χ2n) is 4.68. The number of rotatable bonds is 4. The Balaban J connectivity index is 2.33. The molecule has 17 heavy (non-hydrogen) atoms. The van der Waals surface area contributed by atoms with Crippen LogP contribution in [0.1, 0.15) is 35.2 Å². The van der Waals surface area contributed by atoms with Gasteiger partial charge >= 0.3 is 0 Å². The molecule has 0 saturated carbocycles. The van der Waals surface area contributed by atoms with Crippen LogP contribution in [-0.2, 0) is 0 Å². The van der Waals surface area contributed by atoms with Gasteiger partial charge in [-0.2, -0.15) is 0 Å². The third kappa shape index (κ3) is 2.67. The van der Waals surface area contributed by atoms with E-state index in [1.54, 1.807) is 0 Å². The van der Waals surface area contributed by atoms with Crippen LogP contribution in [0.5, 0.6) is 0 Å². The number of benzene rings is 1. The zero-order chi connectivity index (χ0) is 12.3. The molecule has 1 aliphatic heterocycles. The number of hydrogen-bond donors (Lipinski definition) is 1. The fourth-order valence-electron chi connectivity index (χ4n) is 2.37. The molecule has 0 aliphatic carbocycles. The van der Waals surface area contributed by atoms with Gasteiger partial charge in [-0.1, -0.05) is 11.6 Å². The molecule has 2 N–H and O–H groups in total. The molecule has 0 aromatic heterocycles. The summed E-state index contributed by atoms with van der Waals surface area (Å²) in [4.78, 5) is 14.4. The van der Waals surface area contributed by atoms with Crippen LogP contribution in [0.3, 0.4) is 0 Å². The normalized spacial score (nSPS) is 15.3. The molecule has 2 rings (SSSR count). The van der Waals surface area contributed by atoms with Crippen LogP contribution in [0.2, 0.25) is 0 Å². The Morgan fingerprint density at radius 1 is 1.35 bits per heavy atom. The molecule has 0 unspecified atom stereocenters. The van der Waals surface area contributed by atoms with E-state index in [0.717, 1.165) is 29.9 Å². The van der Waals surface area contributed by atoms with E-state index in [1.165, 1.54) is 12.8 Å². The maximum absolute atomic E-state index is 12.1. The lowest BCUT2D eigenvalue weighted by Crippen LogP contribution is -2.21. The van der Waals surface area contributed by atoms with Crippen LogP contribution in [0.25, 0.3) is 0 Å². The number of carbonyl (C=O) groups excluding carboxylic acids is 1. The molecule has 0 bridgehead atoms. The Morgan fingerprint density at radius 3 is 2.71 bits per heavy atom. The second kappa shape index (κ2) is 5.32. The summed E-state index contributed by atoms with van der Waals surface area (Å²) in [6.07, 6.45) is 2.88. The molecule has 1 aromatic carbocycles. The van der Waals surface area contributed by atoms with Crippen LogP contribution in [-0.4, -0.2) is 25.4 Å². The van der Waals surface area contributed by atoms with E-state index < -0.39 is 0 Å². The van der Waals surface area contributed by atoms with Crippen LogP contribution < -0.4 is 10.6 Å². The molecule has 1 saturated heterocycles. The Kier molecular flexibility index (Phi) is 3.79. The fraction of sp³-hybridized carbons (Fsp3) is 0.500. The van der Waals surface area contributed by atoms with Crippen molar-refractivity contribution in [1.29, 1.82) is 0 Å². The molecule has 92 valence electrons. The van der Waals surface area contributed by atoms with Crippen molar-refractivity contribution in [2.75, 3.05) is 24.5 Å². The quantitative estimate of drug-likeness (QED) is 0.809. The van der Waals surface area contributed by atoms with E-state index in [9.17, 15) is 4.79 Å². The van der Waals surface area contributed by atoms with Crippen molar-refractivity contribution in [2.24, 2.45) is 5.73 Å². The largest absolute Gasteiger partial charge is 0.371 e. The van der Waals surface area contributed by atoms with Gasteiger partial charge in [0.1, 0.15) is 0 Å². The third-order valence-electron chi connectivity index (χ3n) is 3.27. The first-order valence-electron chi connectivity index (χ1n) is 6.31. The monoisotopic (exact) mass is 232 g/mol. The van der Waals surface area contributed by atoms with Crippen LogP contribution in [0, 0.1) is 6.92 Å². The number of nitrogens with two attached hydrogens (primary N) is 1. The fourth-order valence-corrected chi connectivity index (χ4v) is 2.37. The number of hydrogen-bond acceptors (Lipinski definition) is 3. The summed E-state index contributed by atoms with van der Waals surface area (Å²) in [5.74, 6) is 0.165. The SMILES string of the molecule is Cc1ccc(N2CCCC2)c(C(=O)CCN)c1. The van der Waals surface area contributed by atoms with E-state index in [-0.39, 0.29) is 5.78 Å². The van der Waals surface area contributed by atoms with E-state index in [1.807, 2.05) is 13.0 Å².